The van der Waals surface area contributed by atoms with E-state index in [1.807, 2.05) is 54.6 Å². The second-order valence-corrected chi connectivity index (χ2v) is 6.99. The molecular formula is C23H18F3N4O2+. The lowest BCUT2D eigenvalue weighted by Gasteiger charge is -2.09. The van der Waals surface area contributed by atoms with E-state index in [0.717, 1.165) is 28.8 Å². The SMILES string of the molecule is O=C(Nc1cccc(C(F)(F)F)c1)Nc1c[n+](Cc2cccc(-c3ccccc3)c2)no1. The molecule has 2 amide bonds. The van der Waals surface area contributed by atoms with Crippen LogP contribution < -0.4 is 15.3 Å². The van der Waals surface area contributed by atoms with E-state index in [1.54, 1.807) is 0 Å². The van der Waals surface area contributed by atoms with Crippen molar-refractivity contribution in [3.05, 3.63) is 96.2 Å². The normalized spacial score (nSPS) is 11.2. The minimum atomic E-state index is -4.50. The fraction of sp³-hybridized carbons (Fsp3) is 0.0870. The lowest BCUT2D eigenvalue weighted by molar-refractivity contribution is -0.754. The number of alkyl halides is 3. The lowest BCUT2D eigenvalue weighted by atomic mass is 10.0. The first kappa shape index (κ1) is 21.1. The smallest absolute Gasteiger partial charge is 0.308 e. The first-order chi connectivity index (χ1) is 15.4. The molecule has 0 saturated carbocycles. The van der Waals surface area contributed by atoms with Crippen LogP contribution in [0.4, 0.5) is 29.5 Å². The van der Waals surface area contributed by atoms with Crippen molar-refractivity contribution in [2.75, 3.05) is 10.6 Å². The van der Waals surface area contributed by atoms with Gasteiger partial charge < -0.3 is 5.32 Å². The van der Waals surface area contributed by atoms with Crippen molar-refractivity contribution < 1.29 is 27.2 Å². The highest BCUT2D eigenvalue weighted by molar-refractivity contribution is 5.98. The molecule has 0 aliphatic carbocycles. The van der Waals surface area contributed by atoms with Crippen molar-refractivity contribution >= 4 is 17.6 Å². The van der Waals surface area contributed by atoms with Crippen LogP contribution in [0.5, 0.6) is 0 Å². The number of halogens is 3. The zero-order valence-electron chi connectivity index (χ0n) is 16.6. The van der Waals surface area contributed by atoms with Gasteiger partial charge in [0.15, 0.2) is 0 Å². The molecule has 3 aromatic carbocycles. The Balaban J connectivity index is 1.39. The Labute approximate surface area is 181 Å². The van der Waals surface area contributed by atoms with Crippen molar-refractivity contribution in [2.45, 2.75) is 12.7 Å². The zero-order valence-corrected chi connectivity index (χ0v) is 16.6. The molecule has 0 unspecified atom stereocenters. The number of hydrogen-bond acceptors (Lipinski definition) is 3. The average Bonchev–Trinajstić information content (AvgIpc) is 3.20. The second kappa shape index (κ2) is 8.93. The number of benzene rings is 3. The monoisotopic (exact) mass is 439 g/mol. The van der Waals surface area contributed by atoms with Crippen molar-refractivity contribution in [1.29, 1.82) is 0 Å². The molecule has 0 spiro atoms. The van der Waals surface area contributed by atoms with Crippen LogP contribution in [-0.2, 0) is 12.7 Å². The standard InChI is InChI=1S/C23H17F3N4O2/c24-23(25,26)19-10-5-11-20(13-19)27-22(31)28-21-15-30(29-32-21)14-16-6-4-9-18(12-16)17-7-2-1-3-8-17/h1-13,15H,14H2,(H-,27,28,29,31)/p+1. The van der Waals surface area contributed by atoms with Crippen molar-refractivity contribution in [3.63, 3.8) is 0 Å². The molecule has 162 valence electrons. The number of nitrogens with zero attached hydrogens (tertiary/aromatic N) is 2. The third-order valence-corrected chi connectivity index (χ3v) is 4.57. The Morgan fingerprint density at radius 3 is 2.44 bits per heavy atom. The Morgan fingerprint density at radius 1 is 0.906 bits per heavy atom. The van der Waals surface area contributed by atoms with Gasteiger partial charge >= 0.3 is 18.1 Å². The highest BCUT2D eigenvalue weighted by atomic mass is 19.4. The largest absolute Gasteiger partial charge is 0.416 e. The van der Waals surface area contributed by atoms with Crippen LogP contribution in [0.25, 0.3) is 11.1 Å². The molecule has 1 aromatic heterocycles. The average molecular weight is 439 g/mol. The maximum Gasteiger partial charge on any atom is 0.416 e. The van der Waals surface area contributed by atoms with E-state index < -0.39 is 17.8 Å². The number of hydrogen-bond donors (Lipinski definition) is 2. The van der Waals surface area contributed by atoms with Gasteiger partial charge in [0.2, 0.25) is 11.8 Å². The van der Waals surface area contributed by atoms with Crippen LogP contribution in [-0.4, -0.2) is 11.3 Å². The molecule has 0 atom stereocenters. The summed E-state index contributed by atoms with van der Waals surface area (Å²) in [5.74, 6) is 0.0497. The molecule has 9 heteroatoms. The number of urea groups is 1. The molecule has 4 aromatic rings. The fourth-order valence-corrected chi connectivity index (χ4v) is 3.12. The van der Waals surface area contributed by atoms with E-state index in [2.05, 4.69) is 15.9 Å². The van der Waals surface area contributed by atoms with Crippen LogP contribution in [0.1, 0.15) is 11.1 Å². The van der Waals surface area contributed by atoms with E-state index >= 15 is 0 Å². The summed E-state index contributed by atoms with van der Waals surface area (Å²) in [4.78, 5) is 12.1. The summed E-state index contributed by atoms with van der Waals surface area (Å²) in [6.07, 6.45) is -3.01. The first-order valence-electron chi connectivity index (χ1n) is 9.63. The van der Waals surface area contributed by atoms with Crippen LogP contribution in [0.15, 0.2) is 89.6 Å². The molecular weight excluding hydrogens is 421 g/mol. The summed E-state index contributed by atoms with van der Waals surface area (Å²) < 4.78 is 45.0. The lowest BCUT2D eigenvalue weighted by Crippen LogP contribution is -2.35. The van der Waals surface area contributed by atoms with Gasteiger partial charge in [-0.1, -0.05) is 54.6 Å². The fourth-order valence-electron chi connectivity index (χ4n) is 3.12. The van der Waals surface area contributed by atoms with E-state index in [4.69, 9.17) is 4.52 Å². The first-order valence-corrected chi connectivity index (χ1v) is 9.63. The van der Waals surface area contributed by atoms with E-state index in [1.165, 1.54) is 23.0 Å². The number of carbonyl (C=O) groups excluding carboxylic acids is 1. The molecule has 32 heavy (non-hydrogen) atoms. The zero-order chi connectivity index (χ0) is 22.6. The summed E-state index contributed by atoms with van der Waals surface area (Å²) in [7, 11) is 0. The maximum atomic E-state index is 12.8. The van der Waals surface area contributed by atoms with Gasteiger partial charge in [-0.3, -0.25) is 9.84 Å². The summed E-state index contributed by atoms with van der Waals surface area (Å²) in [6.45, 7) is 0.404. The van der Waals surface area contributed by atoms with Gasteiger partial charge in [-0.05, 0) is 40.1 Å². The number of rotatable bonds is 5. The highest BCUT2D eigenvalue weighted by Crippen LogP contribution is 2.30. The Bertz CT molecular complexity index is 1220. The molecule has 0 aliphatic rings. The Kier molecular flexibility index (Phi) is 5.89. The minimum Gasteiger partial charge on any atom is -0.308 e. The van der Waals surface area contributed by atoms with Crippen LogP contribution in [0.3, 0.4) is 0 Å². The van der Waals surface area contributed by atoms with Gasteiger partial charge in [0.25, 0.3) is 6.20 Å². The quantitative estimate of drug-likeness (QED) is 0.413. The molecule has 0 fully saturated rings. The molecule has 4 rings (SSSR count). The Morgan fingerprint density at radius 2 is 1.66 bits per heavy atom. The molecule has 0 saturated heterocycles. The van der Waals surface area contributed by atoms with E-state index in [-0.39, 0.29) is 11.6 Å². The third-order valence-electron chi connectivity index (χ3n) is 4.57. The third kappa shape index (κ3) is 5.31. The summed E-state index contributed by atoms with van der Waals surface area (Å²) >= 11 is 0. The predicted octanol–water partition coefficient (Wildman–Crippen LogP) is 5.34. The van der Waals surface area contributed by atoms with E-state index in [0.29, 0.717) is 6.54 Å². The summed E-state index contributed by atoms with van der Waals surface area (Å²) in [5.41, 5.74) is 2.27. The van der Waals surface area contributed by atoms with Gasteiger partial charge in [0.1, 0.15) is 0 Å². The number of nitrogens with one attached hydrogen (secondary N) is 2. The number of amides is 2. The topological polar surface area (TPSA) is 71.0 Å². The molecule has 6 nitrogen and oxygen atoms in total. The number of carbonyl (C=O) groups is 1. The van der Waals surface area contributed by atoms with Crippen molar-refractivity contribution in [3.8, 4) is 11.1 Å². The van der Waals surface area contributed by atoms with Gasteiger partial charge in [0, 0.05) is 11.3 Å². The molecule has 0 aliphatic heterocycles. The van der Waals surface area contributed by atoms with Crippen LogP contribution >= 0.6 is 0 Å². The van der Waals surface area contributed by atoms with Crippen LogP contribution in [0.2, 0.25) is 0 Å². The molecule has 1 heterocycles. The van der Waals surface area contributed by atoms with Gasteiger partial charge in [-0.15, -0.1) is 0 Å². The van der Waals surface area contributed by atoms with Crippen molar-refractivity contribution in [2.24, 2.45) is 0 Å². The van der Waals surface area contributed by atoms with Gasteiger partial charge in [0.05, 0.1) is 5.56 Å². The second-order valence-electron chi connectivity index (χ2n) is 6.99. The predicted molar refractivity (Wildman–Crippen MR) is 112 cm³/mol. The summed E-state index contributed by atoms with van der Waals surface area (Å²) in [6, 6.07) is 21.5. The van der Waals surface area contributed by atoms with Gasteiger partial charge in [-0.2, -0.15) is 13.2 Å². The summed E-state index contributed by atoms with van der Waals surface area (Å²) in [5, 5.41) is 8.62. The van der Waals surface area contributed by atoms with E-state index in [9.17, 15) is 18.0 Å². The molecule has 2 N–H and O–H groups in total. The molecule has 0 bridgehead atoms. The highest BCUT2D eigenvalue weighted by Gasteiger charge is 2.30. The minimum absolute atomic E-state index is 0.00226. The maximum absolute atomic E-state index is 12.8. The Hall–Kier alpha value is -4.14. The van der Waals surface area contributed by atoms with Crippen LogP contribution in [0, 0.1) is 0 Å². The van der Waals surface area contributed by atoms with Crippen molar-refractivity contribution in [1.82, 2.24) is 5.27 Å². The molecule has 0 radical (unpaired) electrons. The van der Waals surface area contributed by atoms with Gasteiger partial charge in [-0.25, -0.2) is 4.79 Å². The number of aromatic nitrogens is 2. The number of anilines is 2.